The molecule has 134 valence electrons. The molecule has 5 nitrogen and oxygen atoms in total. The van der Waals surface area contributed by atoms with Gasteiger partial charge in [-0.05, 0) is 29.5 Å². The summed E-state index contributed by atoms with van der Waals surface area (Å²) in [6, 6.07) is 8.72. The summed E-state index contributed by atoms with van der Waals surface area (Å²) in [5.41, 5.74) is 3.86. The van der Waals surface area contributed by atoms with Crippen molar-refractivity contribution in [2.45, 2.75) is 24.8 Å². The summed E-state index contributed by atoms with van der Waals surface area (Å²) in [6.07, 6.45) is 6.01. The quantitative estimate of drug-likeness (QED) is 0.913. The predicted octanol–water partition coefficient (Wildman–Crippen LogP) is 2.29. The average molecular weight is 361 g/mol. The standard InChI is InChI=1S/C19H24N4O.ClH/c1-22-12-14(9-21-22)16-10-20-11-17(16)19(24)23(2)18-8-7-13-5-3-4-6-15(13)18;/h3-6,9,12,16-18,20H,7-8,10-11H2,1-2H3;1H/t16-,17+,18?;/m1./s1. The predicted molar refractivity (Wildman–Crippen MR) is 99.8 cm³/mol. The van der Waals surface area contributed by atoms with E-state index in [0.717, 1.165) is 31.5 Å². The molecule has 0 bridgehead atoms. The van der Waals surface area contributed by atoms with Gasteiger partial charge in [-0.2, -0.15) is 5.10 Å². The van der Waals surface area contributed by atoms with Crippen molar-refractivity contribution in [3.63, 3.8) is 0 Å². The molecule has 1 aromatic carbocycles. The molecule has 25 heavy (non-hydrogen) atoms. The largest absolute Gasteiger partial charge is 0.338 e. The molecule has 6 heteroatoms. The molecule has 4 rings (SSSR count). The molecule has 1 amide bonds. The molecule has 1 aliphatic carbocycles. The van der Waals surface area contributed by atoms with Crippen LogP contribution in [0.3, 0.4) is 0 Å². The van der Waals surface area contributed by atoms with Crippen LogP contribution < -0.4 is 5.32 Å². The minimum atomic E-state index is -0.00744. The average Bonchev–Trinajstić information content (AvgIpc) is 3.31. The van der Waals surface area contributed by atoms with E-state index in [1.165, 1.54) is 11.1 Å². The molecular weight excluding hydrogens is 336 g/mol. The smallest absolute Gasteiger partial charge is 0.227 e. The van der Waals surface area contributed by atoms with E-state index in [0.29, 0.717) is 0 Å². The Morgan fingerprint density at radius 3 is 2.88 bits per heavy atom. The normalized spacial score (nSPS) is 24.6. The third kappa shape index (κ3) is 3.18. The van der Waals surface area contributed by atoms with E-state index in [9.17, 15) is 4.79 Å². The van der Waals surface area contributed by atoms with E-state index in [4.69, 9.17) is 0 Å². The van der Waals surface area contributed by atoms with Crippen molar-refractivity contribution in [2.75, 3.05) is 20.1 Å². The van der Waals surface area contributed by atoms with Gasteiger partial charge < -0.3 is 10.2 Å². The highest BCUT2D eigenvalue weighted by Crippen LogP contribution is 2.37. The van der Waals surface area contributed by atoms with Gasteiger partial charge in [-0.25, -0.2) is 0 Å². The molecule has 0 radical (unpaired) electrons. The Hall–Kier alpha value is -1.85. The molecule has 1 saturated heterocycles. The lowest BCUT2D eigenvalue weighted by Crippen LogP contribution is -2.38. The van der Waals surface area contributed by atoms with Crippen molar-refractivity contribution < 1.29 is 4.79 Å². The number of hydrogen-bond acceptors (Lipinski definition) is 3. The topological polar surface area (TPSA) is 50.2 Å². The number of nitrogens with zero attached hydrogens (tertiary/aromatic N) is 3. The summed E-state index contributed by atoms with van der Waals surface area (Å²) in [7, 11) is 3.89. The maximum atomic E-state index is 13.2. The summed E-state index contributed by atoms with van der Waals surface area (Å²) in [5.74, 6) is 0.452. The van der Waals surface area contributed by atoms with Gasteiger partial charge in [0.15, 0.2) is 0 Å². The zero-order valence-electron chi connectivity index (χ0n) is 14.7. The molecule has 0 saturated carbocycles. The number of amides is 1. The molecule has 0 spiro atoms. The fraction of sp³-hybridized carbons (Fsp3) is 0.474. The van der Waals surface area contributed by atoms with Gasteiger partial charge in [-0.15, -0.1) is 12.4 Å². The van der Waals surface area contributed by atoms with Crippen LogP contribution in [0, 0.1) is 5.92 Å². The summed E-state index contributed by atoms with van der Waals surface area (Å²) in [4.78, 5) is 15.2. The van der Waals surface area contributed by atoms with Crippen LogP contribution in [0.15, 0.2) is 36.7 Å². The van der Waals surface area contributed by atoms with Crippen LogP contribution in [-0.2, 0) is 18.3 Å². The van der Waals surface area contributed by atoms with Gasteiger partial charge in [-0.1, -0.05) is 24.3 Å². The maximum absolute atomic E-state index is 13.2. The SMILES string of the molecule is CN(C(=O)[C@H]1CNC[C@@H]1c1cnn(C)c1)C1CCc2ccccc21.Cl. The lowest BCUT2D eigenvalue weighted by atomic mass is 9.89. The van der Waals surface area contributed by atoms with Crippen molar-refractivity contribution in [1.29, 1.82) is 0 Å². The van der Waals surface area contributed by atoms with E-state index in [2.05, 4.69) is 34.7 Å². The molecule has 1 unspecified atom stereocenters. The number of fused-ring (bicyclic) bond motifs is 1. The van der Waals surface area contributed by atoms with Crippen LogP contribution in [0.4, 0.5) is 0 Å². The Balaban J connectivity index is 0.00000182. The number of hydrogen-bond donors (Lipinski definition) is 1. The highest BCUT2D eigenvalue weighted by atomic mass is 35.5. The van der Waals surface area contributed by atoms with Gasteiger partial charge in [0, 0.05) is 39.3 Å². The van der Waals surface area contributed by atoms with Crippen LogP contribution in [-0.4, -0.2) is 40.7 Å². The minimum Gasteiger partial charge on any atom is -0.338 e. The molecule has 1 aliphatic heterocycles. The van der Waals surface area contributed by atoms with Gasteiger partial charge in [0.25, 0.3) is 0 Å². The first-order chi connectivity index (χ1) is 11.6. The first-order valence-corrected chi connectivity index (χ1v) is 8.69. The van der Waals surface area contributed by atoms with Gasteiger partial charge in [0.05, 0.1) is 18.2 Å². The number of aryl methyl sites for hydroxylation is 2. The van der Waals surface area contributed by atoms with Gasteiger partial charge in [-0.3, -0.25) is 9.48 Å². The second-order valence-corrected chi connectivity index (χ2v) is 7.02. The highest BCUT2D eigenvalue weighted by Gasteiger charge is 2.39. The molecule has 2 aliphatic rings. The zero-order chi connectivity index (χ0) is 16.7. The number of rotatable bonds is 3. The first-order valence-electron chi connectivity index (χ1n) is 8.69. The Kier molecular flexibility index (Phi) is 5.16. The Labute approximate surface area is 154 Å². The van der Waals surface area contributed by atoms with Gasteiger partial charge in [0.1, 0.15) is 0 Å². The third-order valence-corrected chi connectivity index (χ3v) is 5.60. The number of carbonyl (C=O) groups excluding carboxylic acids is 1. The van der Waals surface area contributed by atoms with Crippen molar-refractivity contribution >= 4 is 18.3 Å². The van der Waals surface area contributed by atoms with Crippen LogP contribution >= 0.6 is 12.4 Å². The van der Waals surface area contributed by atoms with E-state index < -0.39 is 0 Å². The van der Waals surface area contributed by atoms with Crippen LogP contribution in [0.5, 0.6) is 0 Å². The fourth-order valence-corrected chi connectivity index (χ4v) is 4.27. The lowest BCUT2D eigenvalue weighted by Gasteiger charge is -2.29. The molecule has 1 fully saturated rings. The van der Waals surface area contributed by atoms with Gasteiger partial charge >= 0.3 is 0 Å². The van der Waals surface area contributed by atoms with Crippen molar-refractivity contribution in [2.24, 2.45) is 13.0 Å². The summed E-state index contributed by atoms with van der Waals surface area (Å²) >= 11 is 0. The van der Waals surface area contributed by atoms with Crippen LogP contribution in [0.25, 0.3) is 0 Å². The minimum absolute atomic E-state index is 0. The van der Waals surface area contributed by atoms with E-state index in [-0.39, 0.29) is 36.2 Å². The number of carbonyl (C=O) groups is 1. The van der Waals surface area contributed by atoms with Crippen molar-refractivity contribution in [3.05, 3.63) is 53.3 Å². The second-order valence-electron chi connectivity index (χ2n) is 7.02. The van der Waals surface area contributed by atoms with Crippen molar-refractivity contribution in [3.8, 4) is 0 Å². The summed E-state index contributed by atoms with van der Waals surface area (Å²) in [6.45, 7) is 1.59. The summed E-state index contributed by atoms with van der Waals surface area (Å²) < 4.78 is 1.81. The van der Waals surface area contributed by atoms with E-state index in [1.54, 1.807) is 0 Å². The van der Waals surface area contributed by atoms with E-state index >= 15 is 0 Å². The number of halogens is 1. The monoisotopic (exact) mass is 360 g/mol. The molecule has 1 N–H and O–H groups in total. The maximum Gasteiger partial charge on any atom is 0.227 e. The molecule has 2 aromatic rings. The summed E-state index contributed by atoms with van der Waals surface area (Å²) in [5, 5.41) is 7.66. The van der Waals surface area contributed by atoms with Crippen LogP contribution in [0.2, 0.25) is 0 Å². The van der Waals surface area contributed by atoms with E-state index in [1.807, 2.05) is 36.1 Å². The Morgan fingerprint density at radius 1 is 1.32 bits per heavy atom. The Bertz CT molecular complexity index is 759. The number of benzene rings is 1. The molecular formula is C19H25ClN4O. The lowest BCUT2D eigenvalue weighted by molar-refractivity contribution is -0.136. The number of nitrogens with one attached hydrogen (secondary N) is 1. The molecule has 2 heterocycles. The third-order valence-electron chi connectivity index (χ3n) is 5.60. The zero-order valence-corrected chi connectivity index (χ0v) is 15.5. The molecule has 3 atom stereocenters. The van der Waals surface area contributed by atoms with Gasteiger partial charge in [0.2, 0.25) is 5.91 Å². The fourth-order valence-electron chi connectivity index (χ4n) is 4.27. The van der Waals surface area contributed by atoms with Crippen LogP contribution in [0.1, 0.15) is 35.1 Å². The second kappa shape index (κ2) is 7.18. The highest BCUT2D eigenvalue weighted by molar-refractivity contribution is 5.85. The number of aromatic nitrogens is 2. The molecule has 1 aromatic heterocycles. The first kappa shape index (κ1) is 18.0. The van der Waals surface area contributed by atoms with Crippen molar-refractivity contribution in [1.82, 2.24) is 20.0 Å². The Morgan fingerprint density at radius 2 is 2.12 bits per heavy atom.